The average Bonchev–Trinajstić information content (AvgIpc) is 2.33. The van der Waals surface area contributed by atoms with E-state index < -0.39 is 17.3 Å². The van der Waals surface area contributed by atoms with Crippen LogP contribution in [0.5, 0.6) is 0 Å². The second kappa shape index (κ2) is 6.26. The molecule has 0 aliphatic heterocycles. The van der Waals surface area contributed by atoms with Crippen molar-refractivity contribution in [1.82, 2.24) is 5.32 Å². The third kappa shape index (κ3) is 4.04. The summed E-state index contributed by atoms with van der Waals surface area (Å²) in [5.41, 5.74) is -0.567. The Morgan fingerprint density at radius 2 is 2.06 bits per heavy atom. The predicted molar refractivity (Wildman–Crippen MR) is 68.5 cm³/mol. The minimum Gasteiger partial charge on any atom is -0.394 e. The molecule has 0 atom stereocenters. The molecule has 0 saturated carbocycles. The van der Waals surface area contributed by atoms with E-state index in [1.807, 2.05) is 0 Å². The molecule has 3 N–H and O–H groups in total. The largest absolute Gasteiger partial charge is 0.394 e. The minimum absolute atomic E-state index is 0.0338. The highest BCUT2D eigenvalue weighted by Crippen LogP contribution is 2.18. The molecular weight excluding hydrogens is 305 g/mol. The van der Waals surface area contributed by atoms with Crippen LogP contribution in [0.2, 0.25) is 0 Å². The molecule has 4 nitrogen and oxygen atoms in total. The number of carbonyl (C=O) groups excluding carboxylic acids is 1. The molecule has 0 saturated heterocycles. The summed E-state index contributed by atoms with van der Waals surface area (Å²) in [6.07, 6.45) is -0.0338. The van der Waals surface area contributed by atoms with E-state index in [1.54, 1.807) is 0 Å². The Kier molecular flexibility index (Phi) is 5.25. The molecule has 0 aliphatic rings. The molecule has 0 fully saturated rings. The lowest BCUT2D eigenvalue weighted by Gasteiger charge is -2.26. The number of halogens is 2. The minimum atomic E-state index is -1.07. The van der Waals surface area contributed by atoms with Gasteiger partial charge in [0.05, 0.1) is 25.2 Å². The first-order valence-electron chi connectivity index (χ1n) is 5.37. The van der Waals surface area contributed by atoms with E-state index in [-0.39, 0.29) is 19.6 Å². The first-order chi connectivity index (χ1) is 8.40. The van der Waals surface area contributed by atoms with Gasteiger partial charge in [-0.2, -0.15) is 0 Å². The summed E-state index contributed by atoms with van der Waals surface area (Å²) in [6, 6.07) is 4.07. The Morgan fingerprint density at radius 3 is 2.61 bits per heavy atom. The standard InChI is InChI=1S/C12H15BrFNO3/c1-12(6-16,7-17)15-11(18)5-8-4-9(14)2-3-10(8)13/h2-4,16-17H,5-7H2,1H3,(H,15,18). The molecular formula is C12H15BrFNO3. The van der Waals surface area contributed by atoms with Crippen LogP contribution in [0.15, 0.2) is 22.7 Å². The number of nitrogens with one attached hydrogen (secondary N) is 1. The fraction of sp³-hybridized carbons (Fsp3) is 0.417. The molecule has 0 aliphatic carbocycles. The van der Waals surface area contributed by atoms with Gasteiger partial charge in [-0.25, -0.2) is 4.39 Å². The molecule has 1 amide bonds. The number of hydrogen-bond donors (Lipinski definition) is 3. The van der Waals surface area contributed by atoms with Crippen LogP contribution in [-0.2, 0) is 11.2 Å². The van der Waals surface area contributed by atoms with Gasteiger partial charge in [-0.05, 0) is 30.7 Å². The van der Waals surface area contributed by atoms with Crippen LogP contribution in [0.25, 0.3) is 0 Å². The van der Waals surface area contributed by atoms with Gasteiger partial charge in [0.25, 0.3) is 0 Å². The zero-order chi connectivity index (χ0) is 13.8. The molecule has 1 rings (SSSR count). The van der Waals surface area contributed by atoms with Gasteiger partial charge in [0.15, 0.2) is 0 Å². The summed E-state index contributed by atoms with van der Waals surface area (Å²) in [5.74, 6) is -0.819. The Labute approximate surface area is 113 Å². The van der Waals surface area contributed by atoms with E-state index in [0.717, 1.165) is 0 Å². The van der Waals surface area contributed by atoms with Gasteiger partial charge in [0.2, 0.25) is 5.91 Å². The Bertz CT molecular complexity index is 435. The molecule has 0 bridgehead atoms. The molecule has 0 spiro atoms. The summed E-state index contributed by atoms with van der Waals surface area (Å²) >= 11 is 3.23. The van der Waals surface area contributed by atoms with Crippen molar-refractivity contribution in [3.05, 3.63) is 34.1 Å². The maximum absolute atomic E-state index is 13.0. The fourth-order valence-corrected chi connectivity index (χ4v) is 1.75. The van der Waals surface area contributed by atoms with Crippen LogP contribution in [-0.4, -0.2) is 34.9 Å². The zero-order valence-corrected chi connectivity index (χ0v) is 11.5. The number of rotatable bonds is 5. The normalized spacial score (nSPS) is 11.4. The summed E-state index contributed by atoms with van der Waals surface area (Å²) < 4.78 is 13.7. The highest BCUT2D eigenvalue weighted by molar-refractivity contribution is 9.10. The number of amides is 1. The van der Waals surface area contributed by atoms with Gasteiger partial charge in [-0.3, -0.25) is 4.79 Å². The van der Waals surface area contributed by atoms with Crippen molar-refractivity contribution in [3.8, 4) is 0 Å². The Morgan fingerprint density at radius 1 is 1.44 bits per heavy atom. The number of hydrogen-bond acceptors (Lipinski definition) is 3. The van der Waals surface area contributed by atoms with E-state index in [0.29, 0.717) is 10.0 Å². The first-order valence-corrected chi connectivity index (χ1v) is 6.16. The SMILES string of the molecule is CC(CO)(CO)NC(=O)Cc1cc(F)ccc1Br. The second-order valence-corrected chi connectivity index (χ2v) is 5.19. The predicted octanol–water partition coefficient (Wildman–Crippen LogP) is 0.990. The summed E-state index contributed by atoms with van der Waals surface area (Å²) in [7, 11) is 0. The number of carbonyl (C=O) groups is 1. The van der Waals surface area contributed by atoms with Crippen molar-refractivity contribution < 1.29 is 19.4 Å². The van der Waals surface area contributed by atoms with Crippen molar-refractivity contribution >= 4 is 21.8 Å². The Balaban J connectivity index is 2.73. The highest BCUT2D eigenvalue weighted by atomic mass is 79.9. The van der Waals surface area contributed by atoms with Crippen LogP contribution in [0, 0.1) is 5.82 Å². The van der Waals surface area contributed by atoms with Crippen LogP contribution in [0.3, 0.4) is 0 Å². The average molecular weight is 320 g/mol. The van der Waals surface area contributed by atoms with Crippen LogP contribution in [0.1, 0.15) is 12.5 Å². The van der Waals surface area contributed by atoms with Crippen LogP contribution < -0.4 is 5.32 Å². The molecule has 1 aromatic rings. The monoisotopic (exact) mass is 319 g/mol. The Hall–Kier alpha value is -0.980. The molecule has 0 aromatic heterocycles. The van der Waals surface area contributed by atoms with Gasteiger partial charge >= 0.3 is 0 Å². The molecule has 100 valence electrons. The highest BCUT2D eigenvalue weighted by Gasteiger charge is 2.24. The lowest BCUT2D eigenvalue weighted by molar-refractivity contribution is -0.123. The maximum atomic E-state index is 13.0. The smallest absolute Gasteiger partial charge is 0.225 e. The molecule has 0 heterocycles. The van der Waals surface area contributed by atoms with E-state index in [9.17, 15) is 9.18 Å². The summed E-state index contributed by atoms with van der Waals surface area (Å²) in [5, 5.41) is 20.6. The van der Waals surface area contributed by atoms with E-state index in [1.165, 1.54) is 25.1 Å². The first kappa shape index (κ1) is 15.1. The zero-order valence-electron chi connectivity index (χ0n) is 9.91. The van der Waals surface area contributed by atoms with Crippen molar-refractivity contribution in [1.29, 1.82) is 0 Å². The quantitative estimate of drug-likeness (QED) is 0.758. The molecule has 0 unspecified atom stereocenters. The summed E-state index contributed by atoms with van der Waals surface area (Å²) in [4.78, 5) is 11.7. The third-order valence-corrected chi connectivity index (χ3v) is 3.27. The van der Waals surface area contributed by atoms with Gasteiger partial charge in [-0.1, -0.05) is 15.9 Å². The van der Waals surface area contributed by atoms with Crippen molar-refractivity contribution in [2.75, 3.05) is 13.2 Å². The topological polar surface area (TPSA) is 69.6 Å². The number of benzene rings is 1. The van der Waals surface area contributed by atoms with Gasteiger partial charge in [-0.15, -0.1) is 0 Å². The lowest BCUT2D eigenvalue weighted by Crippen LogP contribution is -2.52. The van der Waals surface area contributed by atoms with Crippen LogP contribution >= 0.6 is 15.9 Å². The molecule has 6 heteroatoms. The van der Waals surface area contributed by atoms with Crippen LogP contribution in [0.4, 0.5) is 4.39 Å². The van der Waals surface area contributed by atoms with Crippen molar-refractivity contribution in [2.24, 2.45) is 0 Å². The van der Waals surface area contributed by atoms with E-state index in [2.05, 4.69) is 21.2 Å². The molecule has 0 radical (unpaired) electrons. The van der Waals surface area contributed by atoms with E-state index >= 15 is 0 Å². The number of aliphatic hydroxyl groups is 2. The third-order valence-electron chi connectivity index (χ3n) is 2.50. The number of aliphatic hydroxyl groups excluding tert-OH is 2. The maximum Gasteiger partial charge on any atom is 0.225 e. The molecule has 18 heavy (non-hydrogen) atoms. The lowest BCUT2D eigenvalue weighted by atomic mass is 10.0. The fourth-order valence-electron chi connectivity index (χ4n) is 1.36. The van der Waals surface area contributed by atoms with Gasteiger partial charge < -0.3 is 15.5 Å². The van der Waals surface area contributed by atoms with E-state index in [4.69, 9.17) is 10.2 Å². The van der Waals surface area contributed by atoms with Crippen molar-refractivity contribution in [3.63, 3.8) is 0 Å². The van der Waals surface area contributed by atoms with Crippen molar-refractivity contribution in [2.45, 2.75) is 18.9 Å². The van der Waals surface area contributed by atoms with Gasteiger partial charge in [0.1, 0.15) is 5.82 Å². The molecule has 1 aromatic carbocycles. The van der Waals surface area contributed by atoms with Gasteiger partial charge in [0, 0.05) is 4.47 Å². The summed E-state index contributed by atoms with van der Waals surface area (Å²) in [6.45, 7) is 0.768. The second-order valence-electron chi connectivity index (χ2n) is 4.34.